The van der Waals surface area contributed by atoms with E-state index in [1.165, 1.54) is 11.2 Å². The number of rotatable bonds is 6. The summed E-state index contributed by atoms with van der Waals surface area (Å²) in [7, 11) is 0. The summed E-state index contributed by atoms with van der Waals surface area (Å²) in [4.78, 5) is 21.7. The molecule has 0 aliphatic rings. The molecule has 0 bridgehead atoms. The number of amides is 1. The van der Waals surface area contributed by atoms with E-state index in [4.69, 9.17) is 4.42 Å². The predicted octanol–water partition coefficient (Wildman–Crippen LogP) is 4.35. The molecule has 1 aromatic carbocycles. The van der Waals surface area contributed by atoms with Crippen molar-refractivity contribution in [1.29, 1.82) is 0 Å². The second-order valence-electron chi connectivity index (χ2n) is 5.50. The zero-order valence-electron chi connectivity index (χ0n) is 13.7. The van der Waals surface area contributed by atoms with Crippen molar-refractivity contribution in [3.8, 4) is 0 Å². The third-order valence-electron chi connectivity index (χ3n) is 3.78. The Labute approximate surface area is 144 Å². The maximum absolute atomic E-state index is 12.2. The van der Waals surface area contributed by atoms with Crippen molar-refractivity contribution < 1.29 is 9.21 Å². The van der Waals surface area contributed by atoms with Crippen LogP contribution in [0.25, 0.3) is 11.1 Å². The Morgan fingerprint density at radius 3 is 2.79 bits per heavy atom. The highest BCUT2D eigenvalue weighted by molar-refractivity contribution is 7.99. The van der Waals surface area contributed by atoms with Crippen molar-refractivity contribution in [2.75, 3.05) is 11.1 Å². The van der Waals surface area contributed by atoms with Crippen LogP contribution in [-0.4, -0.2) is 21.6 Å². The molecule has 0 saturated carbocycles. The Morgan fingerprint density at radius 1 is 1.21 bits per heavy atom. The molecule has 6 heteroatoms. The highest BCUT2D eigenvalue weighted by Gasteiger charge is 2.15. The monoisotopic (exact) mass is 341 g/mol. The minimum Gasteiger partial charge on any atom is -0.443 e. The number of fused-ring (bicyclic) bond motifs is 1. The van der Waals surface area contributed by atoms with Gasteiger partial charge in [-0.1, -0.05) is 18.2 Å². The third-order valence-corrected chi connectivity index (χ3v) is 4.88. The normalized spacial score (nSPS) is 10.9. The molecule has 0 atom stereocenters. The van der Waals surface area contributed by atoms with Crippen LogP contribution in [0.3, 0.4) is 0 Å². The first-order valence-corrected chi connectivity index (χ1v) is 8.82. The van der Waals surface area contributed by atoms with Gasteiger partial charge in [0.15, 0.2) is 0 Å². The van der Waals surface area contributed by atoms with Gasteiger partial charge in [-0.3, -0.25) is 4.79 Å². The molecule has 0 fully saturated rings. The summed E-state index contributed by atoms with van der Waals surface area (Å²) >= 11 is 1.76. The number of nitrogens with zero attached hydrogens (tertiary/aromatic N) is 2. The minimum atomic E-state index is -0.0399. The standard InChI is InChI=1S/C18H19N3O2S/c1-12-13(2)23-18-16(12)17(19-11-20-18)21-15(22)9-6-10-24-14-7-4-3-5-8-14/h3-5,7-8,11H,6,9-10H2,1-2H3,(H,19,20,21,22). The molecule has 2 aromatic heterocycles. The summed E-state index contributed by atoms with van der Waals surface area (Å²) in [6.07, 6.45) is 2.68. The molecule has 124 valence electrons. The van der Waals surface area contributed by atoms with E-state index in [2.05, 4.69) is 27.4 Å². The van der Waals surface area contributed by atoms with Gasteiger partial charge in [0.1, 0.15) is 17.9 Å². The van der Waals surface area contributed by atoms with Crippen molar-refractivity contribution in [3.63, 3.8) is 0 Å². The summed E-state index contributed by atoms with van der Waals surface area (Å²) in [6, 6.07) is 10.2. The molecule has 3 rings (SSSR count). The molecule has 5 nitrogen and oxygen atoms in total. The fraction of sp³-hybridized carbons (Fsp3) is 0.278. The lowest BCUT2D eigenvalue weighted by Crippen LogP contribution is -2.13. The molecule has 0 saturated heterocycles. The number of nitrogens with one attached hydrogen (secondary N) is 1. The predicted molar refractivity (Wildman–Crippen MR) is 96.3 cm³/mol. The number of hydrogen-bond donors (Lipinski definition) is 1. The van der Waals surface area contributed by atoms with Crippen molar-refractivity contribution in [2.24, 2.45) is 0 Å². The number of aromatic nitrogens is 2. The second-order valence-corrected chi connectivity index (χ2v) is 6.67. The summed E-state index contributed by atoms with van der Waals surface area (Å²) in [5.41, 5.74) is 1.47. The van der Waals surface area contributed by atoms with Gasteiger partial charge in [0.05, 0.1) is 5.39 Å². The number of hydrogen-bond acceptors (Lipinski definition) is 5. The van der Waals surface area contributed by atoms with Crippen LogP contribution in [0.4, 0.5) is 5.82 Å². The van der Waals surface area contributed by atoms with Gasteiger partial charge < -0.3 is 9.73 Å². The first-order chi connectivity index (χ1) is 11.6. The SMILES string of the molecule is Cc1oc2ncnc(NC(=O)CCCSc3ccccc3)c2c1C. The fourth-order valence-electron chi connectivity index (χ4n) is 2.41. The van der Waals surface area contributed by atoms with Crippen LogP contribution in [0.1, 0.15) is 24.2 Å². The largest absolute Gasteiger partial charge is 0.443 e. The van der Waals surface area contributed by atoms with E-state index < -0.39 is 0 Å². The first kappa shape index (κ1) is 16.5. The zero-order chi connectivity index (χ0) is 16.9. The van der Waals surface area contributed by atoms with Gasteiger partial charge in [0.2, 0.25) is 11.6 Å². The Kier molecular flexibility index (Phi) is 5.15. The van der Waals surface area contributed by atoms with E-state index in [1.807, 2.05) is 32.0 Å². The second kappa shape index (κ2) is 7.49. The Morgan fingerprint density at radius 2 is 2.00 bits per heavy atom. The molecule has 2 heterocycles. The van der Waals surface area contributed by atoms with Crippen LogP contribution in [0.15, 0.2) is 46.0 Å². The van der Waals surface area contributed by atoms with Crippen LogP contribution in [0.2, 0.25) is 0 Å². The number of aryl methyl sites for hydroxylation is 2. The topological polar surface area (TPSA) is 68.0 Å². The number of carbonyl (C=O) groups excluding carboxylic acids is 1. The van der Waals surface area contributed by atoms with Gasteiger partial charge >= 0.3 is 0 Å². The first-order valence-electron chi connectivity index (χ1n) is 7.83. The van der Waals surface area contributed by atoms with Crippen LogP contribution in [0, 0.1) is 13.8 Å². The summed E-state index contributed by atoms with van der Waals surface area (Å²) in [5.74, 6) is 2.18. The lowest BCUT2D eigenvalue weighted by molar-refractivity contribution is -0.116. The van der Waals surface area contributed by atoms with Crippen LogP contribution < -0.4 is 5.32 Å². The average Bonchev–Trinajstić information content (AvgIpc) is 2.88. The molecule has 0 spiro atoms. The number of carbonyl (C=O) groups is 1. The van der Waals surface area contributed by atoms with E-state index in [9.17, 15) is 4.79 Å². The van der Waals surface area contributed by atoms with E-state index in [1.54, 1.807) is 11.8 Å². The molecular formula is C18H19N3O2S. The number of thioether (sulfide) groups is 1. The highest BCUT2D eigenvalue weighted by atomic mass is 32.2. The maximum atomic E-state index is 12.2. The van der Waals surface area contributed by atoms with Crippen LogP contribution in [-0.2, 0) is 4.79 Å². The van der Waals surface area contributed by atoms with Crippen molar-refractivity contribution in [2.45, 2.75) is 31.6 Å². The maximum Gasteiger partial charge on any atom is 0.231 e. The molecule has 1 amide bonds. The number of benzene rings is 1. The van der Waals surface area contributed by atoms with Gasteiger partial charge in [-0.25, -0.2) is 9.97 Å². The Hall–Kier alpha value is -2.34. The Balaban J connectivity index is 1.56. The zero-order valence-corrected chi connectivity index (χ0v) is 14.5. The van der Waals surface area contributed by atoms with Crippen molar-refractivity contribution in [1.82, 2.24) is 9.97 Å². The highest BCUT2D eigenvalue weighted by Crippen LogP contribution is 2.28. The third kappa shape index (κ3) is 3.76. The van der Waals surface area contributed by atoms with Crippen LogP contribution >= 0.6 is 11.8 Å². The van der Waals surface area contributed by atoms with E-state index >= 15 is 0 Å². The minimum absolute atomic E-state index is 0.0399. The molecule has 0 radical (unpaired) electrons. The van der Waals surface area contributed by atoms with Gasteiger partial charge in [-0.05, 0) is 38.2 Å². The van der Waals surface area contributed by atoms with E-state index in [0.29, 0.717) is 18.0 Å². The fourth-order valence-corrected chi connectivity index (χ4v) is 3.29. The molecule has 3 aromatic rings. The molecule has 24 heavy (non-hydrogen) atoms. The van der Waals surface area contributed by atoms with Gasteiger partial charge in [0, 0.05) is 16.9 Å². The summed E-state index contributed by atoms with van der Waals surface area (Å²) < 4.78 is 5.56. The summed E-state index contributed by atoms with van der Waals surface area (Å²) in [6.45, 7) is 3.82. The smallest absolute Gasteiger partial charge is 0.231 e. The lowest BCUT2D eigenvalue weighted by atomic mass is 10.2. The van der Waals surface area contributed by atoms with Crippen molar-refractivity contribution >= 4 is 34.6 Å². The molecule has 1 N–H and O–H groups in total. The number of anilines is 1. The average molecular weight is 341 g/mol. The molecular weight excluding hydrogens is 322 g/mol. The molecule has 0 aliphatic heterocycles. The van der Waals surface area contributed by atoms with E-state index in [0.717, 1.165) is 28.9 Å². The van der Waals surface area contributed by atoms with E-state index in [-0.39, 0.29) is 5.91 Å². The van der Waals surface area contributed by atoms with Crippen LogP contribution in [0.5, 0.6) is 0 Å². The summed E-state index contributed by atoms with van der Waals surface area (Å²) in [5, 5.41) is 3.66. The van der Waals surface area contributed by atoms with Gasteiger partial charge in [-0.2, -0.15) is 0 Å². The Bertz CT molecular complexity index is 846. The van der Waals surface area contributed by atoms with Gasteiger partial charge in [-0.15, -0.1) is 11.8 Å². The van der Waals surface area contributed by atoms with Crippen molar-refractivity contribution in [3.05, 3.63) is 48.0 Å². The quantitative estimate of drug-likeness (QED) is 0.533. The van der Waals surface area contributed by atoms with Gasteiger partial charge in [0.25, 0.3) is 0 Å². The number of furan rings is 1. The lowest BCUT2D eigenvalue weighted by Gasteiger charge is -2.05. The molecule has 0 unspecified atom stereocenters. The molecule has 0 aliphatic carbocycles.